The number of nitrogen functional groups attached to an aromatic ring is 1. The third-order valence-corrected chi connectivity index (χ3v) is 2.04. The van der Waals surface area contributed by atoms with Crippen LogP contribution in [-0.2, 0) is 4.74 Å². The second kappa shape index (κ2) is 4.01. The molecule has 0 radical (unpaired) electrons. The standard InChI is InChI=1S/C10H10N4O2/c1-16-10(15)9-12-6-14(13-9)8-5-3-2-4-7(8)11/h2-6H,11H2,1H3. The van der Waals surface area contributed by atoms with Crippen LogP contribution in [0.5, 0.6) is 0 Å². The number of carbonyl (C=O) groups is 1. The Bertz CT molecular complexity index is 521. The van der Waals surface area contributed by atoms with E-state index < -0.39 is 5.97 Å². The van der Waals surface area contributed by atoms with Crippen LogP contribution < -0.4 is 5.73 Å². The fourth-order valence-corrected chi connectivity index (χ4v) is 1.26. The number of rotatable bonds is 2. The van der Waals surface area contributed by atoms with E-state index in [1.165, 1.54) is 18.1 Å². The molecule has 0 aliphatic carbocycles. The van der Waals surface area contributed by atoms with Gasteiger partial charge in [-0.2, -0.15) is 0 Å². The van der Waals surface area contributed by atoms with Crippen LogP contribution in [-0.4, -0.2) is 27.8 Å². The van der Waals surface area contributed by atoms with E-state index in [2.05, 4.69) is 14.8 Å². The average molecular weight is 218 g/mol. The fourth-order valence-electron chi connectivity index (χ4n) is 1.26. The Morgan fingerprint density at radius 1 is 1.44 bits per heavy atom. The van der Waals surface area contributed by atoms with E-state index in [1.807, 2.05) is 12.1 Å². The Morgan fingerprint density at radius 2 is 2.19 bits per heavy atom. The summed E-state index contributed by atoms with van der Waals surface area (Å²) in [6.45, 7) is 0. The van der Waals surface area contributed by atoms with Gasteiger partial charge in [0.25, 0.3) is 5.82 Å². The average Bonchev–Trinajstić information content (AvgIpc) is 2.78. The third-order valence-electron chi connectivity index (χ3n) is 2.04. The van der Waals surface area contributed by atoms with Crippen LogP contribution in [0, 0.1) is 0 Å². The van der Waals surface area contributed by atoms with E-state index in [9.17, 15) is 4.79 Å². The summed E-state index contributed by atoms with van der Waals surface area (Å²) >= 11 is 0. The van der Waals surface area contributed by atoms with Gasteiger partial charge in [0.05, 0.1) is 18.5 Å². The monoisotopic (exact) mass is 218 g/mol. The van der Waals surface area contributed by atoms with Gasteiger partial charge in [0.1, 0.15) is 6.33 Å². The molecule has 16 heavy (non-hydrogen) atoms. The SMILES string of the molecule is COC(=O)c1ncn(-c2ccccc2N)n1. The summed E-state index contributed by atoms with van der Waals surface area (Å²) in [5.74, 6) is -0.570. The van der Waals surface area contributed by atoms with Crippen LogP contribution in [0.1, 0.15) is 10.6 Å². The first-order valence-corrected chi connectivity index (χ1v) is 4.57. The Morgan fingerprint density at radius 3 is 2.88 bits per heavy atom. The number of carbonyl (C=O) groups excluding carboxylic acids is 1. The number of esters is 1. The first-order valence-electron chi connectivity index (χ1n) is 4.57. The van der Waals surface area contributed by atoms with Crippen LogP contribution in [0.4, 0.5) is 5.69 Å². The molecular formula is C10H10N4O2. The first kappa shape index (κ1) is 10.2. The lowest BCUT2D eigenvalue weighted by molar-refractivity contribution is 0.0587. The lowest BCUT2D eigenvalue weighted by Crippen LogP contribution is -2.06. The third kappa shape index (κ3) is 1.72. The van der Waals surface area contributed by atoms with Crippen molar-refractivity contribution in [3.8, 4) is 5.69 Å². The molecule has 2 rings (SSSR count). The molecule has 0 atom stereocenters. The predicted octanol–water partition coefficient (Wildman–Crippen LogP) is 0.636. The first-order chi connectivity index (χ1) is 7.72. The summed E-state index contributed by atoms with van der Waals surface area (Å²) in [4.78, 5) is 15.0. The van der Waals surface area contributed by atoms with Gasteiger partial charge in [-0.25, -0.2) is 14.5 Å². The summed E-state index contributed by atoms with van der Waals surface area (Å²) in [5.41, 5.74) is 7.00. The fraction of sp³-hybridized carbons (Fsp3) is 0.100. The van der Waals surface area contributed by atoms with E-state index in [0.29, 0.717) is 11.4 Å². The lowest BCUT2D eigenvalue weighted by atomic mass is 10.3. The van der Waals surface area contributed by atoms with Crippen LogP contribution in [0.3, 0.4) is 0 Å². The van der Waals surface area contributed by atoms with Gasteiger partial charge in [0.15, 0.2) is 0 Å². The molecule has 0 fully saturated rings. The lowest BCUT2D eigenvalue weighted by Gasteiger charge is -2.02. The van der Waals surface area contributed by atoms with E-state index in [0.717, 1.165) is 0 Å². The predicted molar refractivity (Wildman–Crippen MR) is 57.1 cm³/mol. The molecule has 2 N–H and O–H groups in total. The number of benzene rings is 1. The van der Waals surface area contributed by atoms with Gasteiger partial charge in [0, 0.05) is 0 Å². The molecule has 6 heteroatoms. The van der Waals surface area contributed by atoms with Gasteiger partial charge in [0.2, 0.25) is 0 Å². The number of nitrogens with two attached hydrogens (primary N) is 1. The van der Waals surface area contributed by atoms with E-state index in [1.54, 1.807) is 12.1 Å². The van der Waals surface area contributed by atoms with Crippen molar-refractivity contribution in [3.05, 3.63) is 36.4 Å². The number of hydrogen-bond donors (Lipinski definition) is 1. The molecule has 0 bridgehead atoms. The number of hydrogen-bond acceptors (Lipinski definition) is 5. The van der Waals surface area contributed by atoms with E-state index in [4.69, 9.17) is 5.73 Å². The van der Waals surface area contributed by atoms with Crippen molar-refractivity contribution in [2.75, 3.05) is 12.8 Å². The maximum atomic E-state index is 11.2. The van der Waals surface area contributed by atoms with Crippen LogP contribution >= 0.6 is 0 Å². The summed E-state index contributed by atoms with van der Waals surface area (Å²) < 4.78 is 5.94. The quantitative estimate of drug-likeness (QED) is 0.590. The highest BCUT2D eigenvalue weighted by molar-refractivity contribution is 5.84. The molecule has 1 heterocycles. The van der Waals surface area contributed by atoms with Crippen molar-refractivity contribution in [1.82, 2.24) is 14.8 Å². The summed E-state index contributed by atoms with van der Waals surface area (Å²) in [5, 5.41) is 3.96. The van der Waals surface area contributed by atoms with Crippen molar-refractivity contribution >= 4 is 11.7 Å². The van der Waals surface area contributed by atoms with Crippen molar-refractivity contribution in [2.24, 2.45) is 0 Å². The van der Waals surface area contributed by atoms with Gasteiger partial charge in [-0.1, -0.05) is 12.1 Å². The summed E-state index contributed by atoms with van der Waals surface area (Å²) in [6.07, 6.45) is 1.41. The molecule has 82 valence electrons. The highest BCUT2D eigenvalue weighted by Crippen LogP contribution is 2.14. The molecule has 0 amide bonds. The topological polar surface area (TPSA) is 83.0 Å². The minimum Gasteiger partial charge on any atom is -0.463 e. The molecule has 1 aromatic heterocycles. The van der Waals surface area contributed by atoms with Crippen molar-refractivity contribution in [3.63, 3.8) is 0 Å². The Balaban J connectivity index is 2.39. The van der Waals surface area contributed by atoms with Gasteiger partial charge in [-0.05, 0) is 12.1 Å². The molecule has 0 saturated heterocycles. The molecule has 0 saturated carbocycles. The molecular weight excluding hydrogens is 208 g/mol. The Kier molecular flexibility index (Phi) is 2.55. The largest absolute Gasteiger partial charge is 0.463 e. The van der Waals surface area contributed by atoms with Gasteiger partial charge < -0.3 is 10.5 Å². The van der Waals surface area contributed by atoms with E-state index in [-0.39, 0.29) is 5.82 Å². The number of anilines is 1. The number of nitrogens with zero attached hydrogens (tertiary/aromatic N) is 3. The van der Waals surface area contributed by atoms with Crippen LogP contribution in [0.15, 0.2) is 30.6 Å². The summed E-state index contributed by atoms with van der Waals surface area (Å²) in [6, 6.07) is 7.17. The maximum Gasteiger partial charge on any atom is 0.377 e. The minimum atomic E-state index is -0.576. The highest BCUT2D eigenvalue weighted by Gasteiger charge is 2.12. The van der Waals surface area contributed by atoms with Gasteiger partial charge in [-0.3, -0.25) is 0 Å². The van der Waals surface area contributed by atoms with Crippen LogP contribution in [0.25, 0.3) is 5.69 Å². The van der Waals surface area contributed by atoms with E-state index >= 15 is 0 Å². The smallest absolute Gasteiger partial charge is 0.377 e. The Labute approximate surface area is 91.7 Å². The molecule has 0 spiro atoms. The zero-order valence-corrected chi connectivity index (χ0v) is 8.62. The van der Waals surface area contributed by atoms with Gasteiger partial charge >= 0.3 is 5.97 Å². The number of ether oxygens (including phenoxy) is 1. The van der Waals surface area contributed by atoms with Crippen molar-refractivity contribution < 1.29 is 9.53 Å². The molecule has 2 aromatic rings. The second-order valence-corrected chi connectivity index (χ2v) is 3.06. The Hall–Kier alpha value is -2.37. The zero-order valence-electron chi connectivity index (χ0n) is 8.62. The van der Waals surface area contributed by atoms with Gasteiger partial charge in [-0.15, -0.1) is 5.10 Å². The minimum absolute atomic E-state index is 0.00533. The molecule has 0 aliphatic rings. The molecule has 0 aliphatic heterocycles. The molecule has 6 nitrogen and oxygen atoms in total. The summed E-state index contributed by atoms with van der Waals surface area (Å²) in [7, 11) is 1.28. The van der Waals surface area contributed by atoms with Crippen molar-refractivity contribution in [1.29, 1.82) is 0 Å². The zero-order chi connectivity index (χ0) is 11.5. The number of methoxy groups -OCH3 is 1. The normalized spacial score (nSPS) is 10.1. The maximum absolute atomic E-state index is 11.2. The number of para-hydroxylation sites is 2. The molecule has 1 aromatic carbocycles. The second-order valence-electron chi connectivity index (χ2n) is 3.06. The van der Waals surface area contributed by atoms with Crippen LogP contribution in [0.2, 0.25) is 0 Å². The highest BCUT2D eigenvalue weighted by atomic mass is 16.5. The molecule has 0 unspecified atom stereocenters. The van der Waals surface area contributed by atoms with Crippen molar-refractivity contribution in [2.45, 2.75) is 0 Å². The number of aromatic nitrogens is 3.